The third-order valence-corrected chi connectivity index (χ3v) is 5.15. The molecule has 0 radical (unpaired) electrons. The zero-order valence-corrected chi connectivity index (χ0v) is 16.2. The SMILES string of the molecule is Cc1ccc(-c2ncco2)cc1-c1ccc(NC(=O)N2CCN(C)CC2)cc1. The highest BCUT2D eigenvalue weighted by molar-refractivity contribution is 5.90. The van der Waals surface area contributed by atoms with Gasteiger partial charge in [-0.2, -0.15) is 0 Å². The lowest BCUT2D eigenvalue weighted by Gasteiger charge is -2.32. The smallest absolute Gasteiger partial charge is 0.321 e. The number of carbonyl (C=O) groups is 1. The van der Waals surface area contributed by atoms with Crippen molar-refractivity contribution in [2.45, 2.75) is 6.92 Å². The Balaban J connectivity index is 1.49. The van der Waals surface area contributed by atoms with Crippen molar-refractivity contribution < 1.29 is 9.21 Å². The number of urea groups is 1. The van der Waals surface area contributed by atoms with Gasteiger partial charge in [0.2, 0.25) is 5.89 Å². The number of likely N-dealkylation sites (N-methyl/N-ethyl adjacent to an activating group) is 1. The second-order valence-electron chi connectivity index (χ2n) is 7.16. The Bertz CT molecular complexity index is 943. The monoisotopic (exact) mass is 376 g/mol. The maximum atomic E-state index is 12.4. The number of oxazole rings is 1. The average molecular weight is 376 g/mol. The summed E-state index contributed by atoms with van der Waals surface area (Å²) in [5.74, 6) is 0.609. The highest BCUT2D eigenvalue weighted by Gasteiger charge is 2.19. The number of hydrogen-bond donors (Lipinski definition) is 1. The molecule has 0 atom stereocenters. The van der Waals surface area contributed by atoms with E-state index in [0.29, 0.717) is 5.89 Å². The Morgan fingerprint density at radius 3 is 2.43 bits per heavy atom. The fraction of sp³-hybridized carbons (Fsp3) is 0.273. The number of rotatable bonds is 3. The van der Waals surface area contributed by atoms with Crippen molar-refractivity contribution in [2.24, 2.45) is 0 Å². The number of piperazine rings is 1. The first-order valence-corrected chi connectivity index (χ1v) is 9.45. The molecular formula is C22H24N4O2. The van der Waals surface area contributed by atoms with Crippen molar-refractivity contribution in [3.63, 3.8) is 0 Å². The topological polar surface area (TPSA) is 61.6 Å². The summed E-state index contributed by atoms with van der Waals surface area (Å²) in [5, 5.41) is 3.00. The summed E-state index contributed by atoms with van der Waals surface area (Å²) in [6.45, 7) is 5.41. The highest BCUT2D eigenvalue weighted by Crippen LogP contribution is 2.29. The van der Waals surface area contributed by atoms with Gasteiger partial charge in [-0.3, -0.25) is 0 Å². The lowest BCUT2D eigenvalue weighted by atomic mass is 9.98. The molecule has 6 nitrogen and oxygen atoms in total. The molecule has 0 saturated carbocycles. The molecule has 1 fully saturated rings. The molecule has 28 heavy (non-hydrogen) atoms. The van der Waals surface area contributed by atoms with Gasteiger partial charge in [0.25, 0.3) is 0 Å². The Morgan fingerprint density at radius 2 is 1.75 bits per heavy atom. The minimum atomic E-state index is -0.0390. The Hall–Kier alpha value is -3.12. The van der Waals surface area contributed by atoms with E-state index in [4.69, 9.17) is 4.42 Å². The van der Waals surface area contributed by atoms with Crippen LogP contribution in [0.2, 0.25) is 0 Å². The predicted molar refractivity (Wildman–Crippen MR) is 110 cm³/mol. The van der Waals surface area contributed by atoms with Crippen LogP contribution < -0.4 is 5.32 Å². The normalized spacial score (nSPS) is 14.9. The molecule has 2 aromatic carbocycles. The first-order valence-electron chi connectivity index (χ1n) is 9.45. The molecule has 1 aliphatic heterocycles. The zero-order valence-electron chi connectivity index (χ0n) is 16.2. The van der Waals surface area contributed by atoms with Crippen LogP contribution in [0.5, 0.6) is 0 Å². The van der Waals surface area contributed by atoms with Gasteiger partial charge < -0.3 is 19.5 Å². The second-order valence-corrected chi connectivity index (χ2v) is 7.16. The molecule has 1 aliphatic rings. The largest absolute Gasteiger partial charge is 0.445 e. The van der Waals surface area contributed by atoms with Crippen LogP contribution in [0.15, 0.2) is 59.3 Å². The molecule has 2 heterocycles. The van der Waals surface area contributed by atoms with Crippen LogP contribution in [0.4, 0.5) is 10.5 Å². The van der Waals surface area contributed by atoms with Gasteiger partial charge in [0.05, 0.1) is 6.20 Å². The summed E-state index contributed by atoms with van der Waals surface area (Å²) >= 11 is 0. The Labute approximate surface area is 164 Å². The summed E-state index contributed by atoms with van der Waals surface area (Å²) < 4.78 is 5.41. The molecular weight excluding hydrogens is 352 g/mol. The van der Waals surface area contributed by atoms with Crippen molar-refractivity contribution in [1.29, 1.82) is 0 Å². The number of hydrogen-bond acceptors (Lipinski definition) is 4. The summed E-state index contributed by atoms with van der Waals surface area (Å²) in [6.07, 6.45) is 3.22. The Kier molecular flexibility index (Phi) is 5.12. The standard InChI is InChI=1S/C22H24N4O2/c1-16-3-4-18(21-23-9-14-28-21)15-20(16)17-5-7-19(8-6-17)24-22(27)26-12-10-25(2)11-13-26/h3-9,14-15H,10-13H2,1-2H3,(H,24,27). The number of aryl methyl sites for hydroxylation is 1. The molecule has 1 aromatic heterocycles. The van der Waals surface area contributed by atoms with E-state index in [0.717, 1.165) is 48.6 Å². The lowest BCUT2D eigenvalue weighted by Crippen LogP contribution is -2.48. The maximum absolute atomic E-state index is 12.4. The van der Waals surface area contributed by atoms with Gasteiger partial charge in [-0.05, 0) is 54.9 Å². The third-order valence-electron chi connectivity index (χ3n) is 5.15. The van der Waals surface area contributed by atoms with Gasteiger partial charge in [0, 0.05) is 37.4 Å². The zero-order chi connectivity index (χ0) is 19.5. The van der Waals surface area contributed by atoms with Crippen LogP contribution in [0.25, 0.3) is 22.6 Å². The molecule has 6 heteroatoms. The van der Waals surface area contributed by atoms with E-state index in [1.165, 1.54) is 5.56 Å². The molecule has 3 aromatic rings. The van der Waals surface area contributed by atoms with Crippen molar-refractivity contribution in [3.8, 4) is 22.6 Å². The van der Waals surface area contributed by atoms with Crippen molar-refractivity contribution in [1.82, 2.24) is 14.8 Å². The van der Waals surface area contributed by atoms with E-state index in [2.05, 4.69) is 41.3 Å². The third kappa shape index (κ3) is 3.92. The van der Waals surface area contributed by atoms with Gasteiger partial charge in [-0.25, -0.2) is 9.78 Å². The highest BCUT2D eigenvalue weighted by atomic mass is 16.3. The molecule has 1 saturated heterocycles. The number of anilines is 1. The van der Waals surface area contributed by atoms with Crippen molar-refractivity contribution in [3.05, 3.63) is 60.5 Å². The average Bonchev–Trinajstić information content (AvgIpc) is 3.24. The summed E-state index contributed by atoms with van der Waals surface area (Å²) in [4.78, 5) is 20.8. The minimum Gasteiger partial charge on any atom is -0.445 e. The summed E-state index contributed by atoms with van der Waals surface area (Å²) in [5.41, 5.74) is 5.12. The fourth-order valence-electron chi connectivity index (χ4n) is 3.38. The van der Waals surface area contributed by atoms with Crippen LogP contribution in [0.1, 0.15) is 5.56 Å². The van der Waals surface area contributed by atoms with E-state index in [1.54, 1.807) is 12.5 Å². The van der Waals surface area contributed by atoms with Gasteiger partial charge in [-0.1, -0.05) is 18.2 Å². The van der Waals surface area contributed by atoms with Crippen LogP contribution >= 0.6 is 0 Å². The van der Waals surface area contributed by atoms with Crippen LogP contribution in [-0.4, -0.2) is 54.0 Å². The molecule has 4 rings (SSSR count). The second kappa shape index (κ2) is 7.86. The van der Waals surface area contributed by atoms with Gasteiger partial charge in [-0.15, -0.1) is 0 Å². The molecule has 144 valence electrons. The molecule has 0 bridgehead atoms. The van der Waals surface area contributed by atoms with E-state index in [-0.39, 0.29) is 6.03 Å². The molecule has 0 spiro atoms. The number of nitrogens with zero attached hydrogens (tertiary/aromatic N) is 3. The molecule has 0 unspecified atom stereocenters. The Morgan fingerprint density at radius 1 is 1.04 bits per heavy atom. The van der Waals surface area contributed by atoms with Gasteiger partial charge >= 0.3 is 6.03 Å². The van der Waals surface area contributed by atoms with E-state index in [9.17, 15) is 4.79 Å². The van der Waals surface area contributed by atoms with Crippen molar-refractivity contribution in [2.75, 3.05) is 38.5 Å². The minimum absolute atomic E-state index is 0.0390. The van der Waals surface area contributed by atoms with E-state index >= 15 is 0 Å². The summed E-state index contributed by atoms with van der Waals surface area (Å²) in [7, 11) is 2.08. The summed E-state index contributed by atoms with van der Waals surface area (Å²) in [6, 6.07) is 14.1. The number of amides is 2. The molecule has 0 aliphatic carbocycles. The lowest BCUT2D eigenvalue weighted by molar-refractivity contribution is 0.164. The van der Waals surface area contributed by atoms with Crippen LogP contribution in [-0.2, 0) is 0 Å². The predicted octanol–water partition coefficient (Wildman–Crippen LogP) is 4.10. The number of benzene rings is 2. The van der Waals surface area contributed by atoms with Crippen molar-refractivity contribution >= 4 is 11.7 Å². The van der Waals surface area contributed by atoms with Gasteiger partial charge in [0.15, 0.2) is 0 Å². The van der Waals surface area contributed by atoms with Gasteiger partial charge in [0.1, 0.15) is 6.26 Å². The molecule has 2 amide bonds. The number of carbonyl (C=O) groups excluding carboxylic acids is 1. The van der Waals surface area contributed by atoms with E-state index in [1.807, 2.05) is 35.2 Å². The van der Waals surface area contributed by atoms with Crippen LogP contribution in [0, 0.1) is 6.92 Å². The van der Waals surface area contributed by atoms with E-state index < -0.39 is 0 Å². The quantitative estimate of drug-likeness (QED) is 0.748. The number of nitrogens with one attached hydrogen (secondary N) is 1. The molecule has 1 N–H and O–H groups in total. The number of aromatic nitrogens is 1. The van der Waals surface area contributed by atoms with Crippen LogP contribution in [0.3, 0.4) is 0 Å². The maximum Gasteiger partial charge on any atom is 0.321 e. The first-order chi connectivity index (χ1) is 13.6. The fourth-order valence-corrected chi connectivity index (χ4v) is 3.38. The first kappa shape index (κ1) is 18.3.